The number of anilines is 1. The van der Waals surface area contributed by atoms with E-state index < -0.39 is 11.8 Å². The van der Waals surface area contributed by atoms with Crippen molar-refractivity contribution >= 4 is 23.4 Å². The van der Waals surface area contributed by atoms with Crippen molar-refractivity contribution in [2.75, 3.05) is 31.1 Å². The van der Waals surface area contributed by atoms with Crippen molar-refractivity contribution in [3.63, 3.8) is 0 Å². The average Bonchev–Trinajstić information content (AvgIpc) is 2.79. The van der Waals surface area contributed by atoms with E-state index in [1.54, 1.807) is 0 Å². The van der Waals surface area contributed by atoms with Crippen LogP contribution in [-0.4, -0.2) is 65.4 Å². The van der Waals surface area contributed by atoms with Gasteiger partial charge in [-0.15, -0.1) is 0 Å². The molecule has 8 heteroatoms. The van der Waals surface area contributed by atoms with Crippen LogP contribution in [0.1, 0.15) is 42.1 Å². The van der Waals surface area contributed by atoms with Crippen molar-refractivity contribution in [1.29, 1.82) is 0 Å². The van der Waals surface area contributed by atoms with E-state index in [1.807, 2.05) is 17.0 Å². The van der Waals surface area contributed by atoms with Crippen molar-refractivity contribution in [2.45, 2.75) is 50.8 Å². The Balaban J connectivity index is 1.39. The fraction of sp³-hybridized carbons (Fsp3) is 0.500. The molecule has 2 fully saturated rings. The molecule has 0 amide bonds. The number of aromatic nitrogens is 1. The van der Waals surface area contributed by atoms with Gasteiger partial charge < -0.3 is 14.7 Å². The maximum absolute atomic E-state index is 14.6. The van der Waals surface area contributed by atoms with E-state index >= 15 is 0 Å². The van der Waals surface area contributed by atoms with Crippen molar-refractivity contribution in [3.8, 4) is 0 Å². The summed E-state index contributed by atoms with van der Waals surface area (Å²) >= 11 is 6.00. The summed E-state index contributed by atoms with van der Waals surface area (Å²) in [6, 6.07) is 9.93. The number of hydrogen-bond acceptors (Lipinski definition) is 5. The number of benzene rings is 1. The fourth-order valence-corrected chi connectivity index (χ4v) is 4.90. The van der Waals surface area contributed by atoms with Crippen molar-refractivity contribution in [3.05, 3.63) is 58.5 Å². The number of carbonyl (C=O) groups is 1. The number of piperidine rings is 1. The summed E-state index contributed by atoms with van der Waals surface area (Å²) in [6.45, 7) is 5.00. The van der Waals surface area contributed by atoms with E-state index in [0.717, 1.165) is 37.3 Å². The van der Waals surface area contributed by atoms with Gasteiger partial charge in [0.1, 0.15) is 5.56 Å². The van der Waals surface area contributed by atoms with Crippen molar-refractivity contribution in [1.82, 2.24) is 9.88 Å². The van der Waals surface area contributed by atoms with E-state index in [1.165, 1.54) is 17.8 Å². The predicted molar refractivity (Wildman–Crippen MR) is 122 cm³/mol. The minimum Gasteiger partial charge on any atom is -0.478 e. The van der Waals surface area contributed by atoms with Crippen molar-refractivity contribution < 1.29 is 19.0 Å². The number of morpholine rings is 1. The third kappa shape index (κ3) is 5.22. The Morgan fingerprint density at radius 1 is 1.25 bits per heavy atom. The van der Waals surface area contributed by atoms with Gasteiger partial charge in [0.15, 0.2) is 11.6 Å². The van der Waals surface area contributed by atoms with Crippen LogP contribution in [0.2, 0.25) is 5.02 Å². The second kappa shape index (κ2) is 10.1. The Morgan fingerprint density at radius 3 is 2.66 bits per heavy atom. The third-order valence-electron chi connectivity index (χ3n) is 6.52. The van der Waals surface area contributed by atoms with E-state index in [0.29, 0.717) is 31.8 Å². The van der Waals surface area contributed by atoms with Crippen LogP contribution < -0.4 is 4.90 Å². The molecule has 4 rings (SSSR count). The number of rotatable bonds is 6. The van der Waals surface area contributed by atoms with Gasteiger partial charge in [-0.2, -0.15) is 0 Å². The molecule has 1 N–H and O–H groups in total. The molecule has 1 aromatic carbocycles. The maximum Gasteiger partial charge on any atom is 0.338 e. The number of pyridine rings is 1. The van der Waals surface area contributed by atoms with Crippen LogP contribution in [0.3, 0.4) is 0 Å². The number of carboxylic acid groups (broad SMARTS) is 1. The first kappa shape index (κ1) is 23.0. The van der Waals surface area contributed by atoms with Gasteiger partial charge in [0, 0.05) is 42.9 Å². The van der Waals surface area contributed by atoms with Crippen LogP contribution in [0.4, 0.5) is 10.2 Å². The third-order valence-corrected chi connectivity index (χ3v) is 6.78. The minimum absolute atomic E-state index is 0.137. The van der Waals surface area contributed by atoms with Crippen molar-refractivity contribution in [2.24, 2.45) is 0 Å². The molecule has 32 heavy (non-hydrogen) atoms. The second-order valence-corrected chi connectivity index (χ2v) is 9.12. The number of aryl methyl sites for hydroxylation is 1. The number of hydrogen-bond donors (Lipinski definition) is 1. The molecule has 0 saturated carbocycles. The molecule has 2 aliphatic heterocycles. The second-order valence-electron chi connectivity index (χ2n) is 8.68. The number of ether oxygens (including phenoxy) is 1. The zero-order chi connectivity index (χ0) is 22.7. The van der Waals surface area contributed by atoms with E-state index in [2.05, 4.69) is 28.9 Å². The highest BCUT2D eigenvalue weighted by Crippen LogP contribution is 2.28. The lowest BCUT2D eigenvalue weighted by atomic mass is 9.96. The Hall–Kier alpha value is -2.22. The Bertz CT molecular complexity index is 935. The average molecular weight is 462 g/mol. The van der Waals surface area contributed by atoms with Crippen LogP contribution in [0.25, 0.3) is 0 Å². The molecule has 2 aromatic rings. The molecule has 0 bridgehead atoms. The number of nitrogens with zero attached hydrogens (tertiary/aromatic N) is 3. The molecular weight excluding hydrogens is 433 g/mol. The van der Waals surface area contributed by atoms with Gasteiger partial charge in [0.05, 0.1) is 12.7 Å². The molecule has 2 aliphatic rings. The summed E-state index contributed by atoms with van der Waals surface area (Å²) < 4.78 is 20.6. The SMILES string of the molecule is C[C@H]1CN(C2CCN(c3nccc(C(=O)O)c3F)CC2)[C@@H](CCc2ccc(Cl)cc2)CO1. The van der Waals surface area contributed by atoms with Gasteiger partial charge in [-0.25, -0.2) is 14.2 Å². The van der Waals surface area contributed by atoms with Gasteiger partial charge >= 0.3 is 5.97 Å². The van der Waals surface area contributed by atoms with Crippen LogP contribution in [0.15, 0.2) is 36.5 Å². The summed E-state index contributed by atoms with van der Waals surface area (Å²) in [5.41, 5.74) is 0.934. The van der Waals surface area contributed by atoms with Gasteiger partial charge in [-0.05, 0) is 56.4 Å². The van der Waals surface area contributed by atoms with Gasteiger partial charge in [0.2, 0.25) is 0 Å². The molecular formula is C24H29ClFN3O3. The Kier molecular flexibility index (Phi) is 7.28. The topological polar surface area (TPSA) is 65.9 Å². The van der Waals surface area contributed by atoms with E-state index in [4.69, 9.17) is 16.3 Å². The first-order valence-electron chi connectivity index (χ1n) is 11.2. The van der Waals surface area contributed by atoms with Crippen LogP contribution in [0.5, 0.6) is 0 Å². The summed E-state index contributed by atoms with van der Waals surface area (Å²) in [4.78, 5) is 19.8. The Morgan fingerprint density at radius 2 is 1.97 bits per heavy atom. The Labute approximate surface area is 192 Å². The lowest BCUT2D eigenvalue weighted by Gasteiger charge is -2.46. The quantitative estimate of drug-likeness (QED) is 0.693. The van der Waals surface area contributed by atoms with E-state index in [9.17, 15) is 14.3 Å². The first-order chi connectivity index (χ1) is 15.4. The van der Waals surface area contributed by atoms with Crippen LogP contribution in [0, 0.1) is 5.82 Å². The lowest BCUT2D eigenvalue weighted by Crippen LogP contribution is -2.56. The smallest absolute Gasteiger partial charge is 0.338 e. The first-order valence-corrected chi connectivity index (χ1v) is 11.5. The van der Waals surface area contributed by atoms with Crippen LogP contribution in [-0.2, 0) is 11.2 Å². The zero-order valence-corrected chi connectivity index (χ0v) is 19.0. The standard InChI is InChI=1S/C24H29ClFN3O3/c1-16-14-29(20(15-32-16)7-4-17-2-5-18(25)6-3-17)19-9-12-28(13-10-19)23-22(26)21(24(30)31)8-11-27-23/h2-3,5-6,8,11,16,19-20H,4,7,9-10,12-15H2,1H3,(H,30,31)/t16-,20-/m0/s1. The summed E-state index contributed by atoms with van der Waals surface area (Å²) in [5.74, 6) is -1.89. The normalized spacial score (nSPS) is 22.8. The largest absolute Gasteiger partial charge is 0.478 e. The molecule has 0 radical (unpaired) electrons. The monoisotopic (exact) mass is 461 g/mol. The molecule has 0 spiro atoms. The maximum atomic E-state index is 14.6. The number of aromatic carboxylic acids is 1. The van der Waals surface area contributed by atoms with Gasteiger partial charge in [-0.1, -0.05) is 23.7 Å². The highest BCUT2D eigenvalue weighted by atomic mass is 35.5. The highest BCUT2D eigenvalue weighted by molar-refractivity contribution is 6.30. The zero-order valence-electron chi connectivity index (χ0n) is 18.2. The van der Waals surface area contributed by atoms with Gasteiger partial charge in [0.25, 0.3) is 0 Å². The van der Waals surface area contributed by atoms with Gasteiger partial charge in [-0.3, -0.25) is 4.90 Å². The molecule has 2 atom stereocenters. The molecule has 0 aliphatic carbocycles. The molecule has 0 unspecified atom stereocenters. The lowest BCUT2D eigenvalue weighted by molar-refractivity contribution is -0.0768. The fourth-order valence-electron chi connectivity index (χ4n) is 4.78. The molecule has 6 nitrogen and oxygen atoms in total. The minimum atomic E-state index is -1.27. The molecule has 172 valence electrons. The molecule has 2 saturated heterocycles. The number of halogens is 2. The van der Waals surface area contributed by atoms with Crippen LogP contribution >= 0.6 is 11.6 Å². The highest BCUT2D eigenvalue weighted by Gasteiger charge is 2.34. The number of carboxylic acids is 1. The summed E-state index contributed by atoms with van der Waals surface area (Å²) in [7, 11) is 0. The summed E-state index contributed by atoms with van der Waals surface area (Å²) in [5, 5.41) is 9.94. The molecule has 1 aromatic heterocycles. The predicted octanol–water partition coefficient (Wildman–Crippen LogP) is 4.26. The molecule has 3 heterocycles. The summed E-state index contributed by atoms with van der Waals surface area (Å²) in [6.07, 6.45) is 5.28. The van der Waals surface area contributed by atoms with E-state index in [-0.39, 0.29) is 17.5 Å².